The topological polar surface area (TPSA) is 503 Å². The summed E-state index contributed by atoms with van der Waals surface area (Å²) >= 11 is 0. The van der Waals surface area contributed by atoms with Gasteiger partial charge in [0.15, 0.2) is 0 Å². The van der Waals surface area contributed by atoms with E-state index in [1.165, 1.54) is 13.8 Å². The van der Waals surface area contributed by atoms with Crippen molar-refractivity contribution in [2.75, 3.05) is 13.1 Å². The van der Waals surface area contributed by atoms with Gasteiger partial charge in [-0.2, -0.15) is 0 Å². The van der Waals surface area contributed by atoms with E-state index >= 15 is 0 Å². The monoisotopic (exact) mass is 1100 g/mol. The zero-order valence-electron chi connectivity index (χ0n) is 44.9. The number of carbonyl (C=O) groups is 13. The molecule has 0 aliphatic rings. The summed E-state index contributed by atoms with van der Waals surface area (Å²) < 4.78 is 0. The molecule has 0 heterocycles. The third-order valence-corrected chi connectivity index (χ3v) is 11.7. The number of rotatable bonds is 41. The number of amides is 9. The second-order valence-corrected chi connectivity index (χ2v) is 19.9. The molecular formula is C48H84N12O17. The largest absolute Gasteiger partial charge is 0.481 e. The van der Waals surface area contributed by atoms with Crippen LogP contribution in [0.1, 0.15) is 138 Å². The predicted octanol–water partition coefficient (Wildman–Crippen LogP) is -3.25. The molecule has 438 valence electrons. The van der Waals surface area contributed by atoms with Gasteiger partial charge in [-0.3, -0.25) is 57.5 Å². The third-order valence-electron chi connectivity index (χ3n) is 11.7. The Morgan fingerprint density at radius 1 is 0.390 bits per heavy atom. The summed E-state index contributed by atoms with van der Waals surface area (Å²) in [5.41, 5.74) is 22.7. The molecule has 0 aliphatic carbocycles. The van der Waals surface area contributed by atoms with E-state index in [2.05, 4.69) is 42.5 Å². The number of nitrogens with one attached hydrogen (secondary N) is 8. The van der Waals surface area contributed by atoms with E-state index in [4.69, 9.17) is 22.9 Å². The van der Waals surface area contributed by atoms with Gasteiger partial charge in [-0.1, -0.05) is 48.0 Å². The molecule has 0 aromatic heterocycles. The minimum Gasteiger partial charge on any atom is -0.481 e. The summed E-state index contributed by atoms with van der Waals surface area (Å²) in [4.78, 5) is 169. The first-order valence-electron chi connectivity index (χ1n) is 25.7. The molecule has 9 amide bonds. The fourth-order valence-corrected chi connectivity index (χ4v) is 7.51. The minimum absolute atomic E-state index is 0.0273. The normalized spacial score (nSPS) is 14.7. The average molecular weight is 1100 g/mol. The molecule has 0 fully saturated rings. The van der Waals surface area contributed by atoms with Crippen molar-refractivity contribution in [2.24, 2.45) is 40.7 Å². The number of carboxylic acids is 4. The Morgan fingerprint density at radius 2 is 0.688 bits per heavy atom. The number of hydrogen-bond donors (Lipinski definition) is 16. The van der Waals surface area contributed by atoms with Crippen LogP contribution in [0.4, 0.5) is 0 Å². The highest BCUT2D eigenvalue weighted by Gasteiger charge is 2.36. The molecule has 0 rings (SSSR count). The fourth-order valence-electron chi connectivity index (χ4n) is 7.51. The number of aliphatic carboxylic acids is 4. The summed E-state index contributed by atoms with van der Waals surface area (Å²) in [5, 5.41) is 57.1. The lowest BCUT2D eigenvalue weighted by molar-refractivity contribution is -0.144. The van der Waals surface area contributed by atoms with Crippen molar-refractivity contribution < 1.29 is 82.8 Å². The van der Waals surface area contributed by atoms with Gasteiger partial charge in [-0.05, 0) is 95.1 Å². The number of carbonyl (C=O) groups excluding carboxylic acids is 9. The van der Waals surface area contributed by atoms with Crippen molar-refractivity contribution in [3.8, 4) is 0 Å². The molecule has 0 aromatic carbocycles. The van der Waals surface area contributed by atoms with Crippen LogP contribution in [-0.2, 0) is 62.3 Å². The van der Waals surface area contributed by atoms with Gasteiger partial charge in [0.25, 0.3) is 0 Å². The highest BCUT2D eigenvalue weighted by atomic mass is 16.4. The van der Waals surface area contributed by atoms with Gasteiger partial charge in [0.2, 0.25) is 53.2 Å². The lowest BCUT2D eigenvalue weighted by atomic mass is 9.99. The van der Waals surface area contributed by atoms with Crippen LogP contribution in [0, 0.1) is 17.8 Å². The zero-order chi connectivity index (χ0) is 59.1. The lowest BCUT2D eigenvalue weighted by Crippen LogP contribution is -2.61. The van der Waals surface area contributed by atoms with E-state index in [-0.39, 0.29) is 44.1 Å². The first kappa shape index (κ1) is 70.0. The second-order valence-electron chi connectivity index (χ2n) is 19.9. The quantitative estimate of drug-likeness (QED) is 0.0267. The molecule has 77 heavy (non-hydrogen) atoms. The van der Waals surface area contributed by atoms with Crippen molar-refractivity contribution >= 4 is 77.0 Å². The highest BCUT2D eigenvalue weighted by molar-refractivity contribution is 5.99. The van der Waals surface area contributed by atoms with Crippen molar-refractivity contribution in [1.29, 1.82) is 0 Å². The van der Waals surface area contributed by atoms with Crippen molar-refractivity contribution in [3.05, 3.63) is 0 Å². The molecule has 9 atom stereocenters. The molecule has 20 N–H and O–H groups in total. The van der Waals surface area contributed by atoms with Gasteiger partial charge in [-0.25, -0.2) is 4.79 Å². The van der Waals surface area contributed by atoms with Crippen molar-refractivity contribution in [2.45, 2.75) is 192 Å². The van der Waals surface area contributed by atoms with E-state index < -0.39 is 182 Å². The Morgan fingerprint density at radius 3 is 1.01 bits per heavy atom. The Hall–Kier alpha value is -7.01. The van der Waals surface area contributed by atoms with Crippen molar-refractivity contribution in [3.63, 3.8) is 0 Å². The van der Waals surface area contributed by atoms with Gasteiger partial charge < -0.3 is 85.9 Å². The first-order chi connectivity index (χ1) is 35.9. The second kappa shape index (κ2) is 36.9. The van der Waals surface area contributed by atoms with E-state index in [0.29, 0.717) is 32.2 Å². The summed E-state index contributed by atoms with van der Waals surface area (Å²) in [6.07, 6.45) is -3.10. The van der Waals surface area contributed by atoms with E-state index in [9.17, 15) is 82.8 Å². The van der Waals surface area contributed by atoms with Crippen molar-refractivity contribution in [1.82, 2.24) is 42.5 Å². The van der Waals surface area contributed by atoms with E-state index in [1.807, 2.05) is 0 Å². The molecular weight excluding hydrogens is 1020 g/mol. The van der Waals surface area contributed by atoms with Gasteiger partial charge in [0.1, 0.15) is 48.3 Å². The molecule has 0 spiro atoms. The number of nitrogens with two attached hydrogens (primary N) is 4. The maximum Gasteiger partial charge on any atom is 0.326 e. The average Bonchev–Trinajstić information content (AvgIpc) is 3.32. The maximum atomic E-state index is 14.0. The summed E-state index contributed by atoms with van der Waals surface area (Å²) in [6, 6.07) is -13.7. The number of primary amides is 1. The fraction of sp³-hybridized carbons (Fsp3) is 0.729. The van der Waals surface area contributed by atoms with Crippen LogP contribution in [0.2, 0.25) is 0 Å². The highest BCUT2D eigenvalue weighted by Crippen LogP contribution is 2.13. The van der Waals surface area contributed by atoms with Crippen LogP contribution in [0.25, 0.3) is 0 Å². The molecule has 0 saturated carbocycles. The van der Waals surface area contributed by atoms with Crippen LogP contribution in [0.15, 0.2) is 0 Å². The number of carboxylic acid groups (broad SMARTS) is 4. The third kappa shape index (κ3) is 29.8. The molecule has 0 bridgehead atoms. The Labute approximate surface area is 447 Å². The van der Waals surface area contributed by atoms with Crippen LogP contribution in [0.3, 0.4) is 0 Å². The van der Waals surface area contributed by atoms with Gasteiger partial charge in [-0.15, -0.1) is 0 Å². The molecule has 0 aromatic rings. The summed E-state index contributed by atoms with van der Waals surface area (Å²) in [6.45, 7) is 10.5. The minimum atomic E-state index is -1.94. The maximum absolute atomic E-state index is 14.0. The predicted molar refractivity (Wildman–Crippen MR) is 275 cm³/mol. The summed E-state index contributed by atoms with van der Waals surface area (Å²) in [7, 11) is 0. The SMILES string of the molecule is CC(C)C[C@H](NC(=O)[C@H](CC(C)C)NC(=O)[C@@H](N)CCCCN)C(=O)N[C@@H](CCC(=O)O)C(=O)N[C@@H](CCC(=O)O)C(=O)N[C@@H](CC(N)=O)C(=O)N[C@@H](CCCCN)C(=O)N[C@@H](CCC(=O)O)C(=O)N[C@H](C(=O)O)C(C)C. The molecule has 0 aliphatic heterocycles. The van der Waals surface area contributed by atoms with Crippen LogP contribution < -0.4 is 65.5 Å². The molecule has 0 unspecified atom stereocenters. The zero-order valence-corrected chi connectivity index (χ0v) is 44.9. The van der Waals surface area contributed by atoms with Crippen LogP contribution in [0.5, 0.6) is 0 Å². The Bertz CT molecular complexity index is 2020. The molecule has 29 nitrogen and oxygen atoms in total. The van der Waals surface area contributed by atoms with Crippen LogP contribution >= 0.6 is 0 Å². The van der Waals surface area contributed by atoms with E-state index in [0.717, 1.165) is 0 Å². The molecule has 0 radical (unpaired) electrons. The Kier molecular flexibility index (Phi) is 33.5. The number of hydrogen-bond acceptors (Lipinski definition) is 16. The van der Waals surface area contributed by atoms with Gasteiger partial charge in [0.05, 0.1) is 12.5 Å². The smallest absolute Gasteiger partial charge is 0.326 e. The molecule has 29 heteroatoms. The van der Waals surface area contributed by atoms with E-state index in [1.54, 1.807) is 27.7 Å². The Balaban J connectivity index is 6.90. The summed E-state index contributed by atoms with van der Waals surface area (Å²) in [5.74, 6) is -16.1. The van der Waals surface area contributed by atoms with Gasteiger partial charge in [0, 0.05) is 19.3 Å². The van der Waals surface area contributed by atoms with Crippen LogP contribution in [-0.4, -0.2) is 165 Å². The van der Waals surface area contributed by atoms with Gasteiger partial charge >= 0.3 is 23.9 Å². The number of unbranched alkanes of at least 4 members (excludes halogenated alkanes) is 2. The first-order valence-corrected chi connectivity index (χ1v) is 25.7. The lowest BCUT2D eigenvalue weighted by Gasteiger charge is -2.28. The standard InChI is InChI=1S/C48H84N12O17/c1-24(2)21-32(57-40(68)27(51)11-7-9-19-49)46(74)58-33(22-25(3)4)45(73)56-29(13-16-36(62)63)42(70)54-30(14-17-37(64)65)43(71)59-34(23-35(52)61)47(75)53-28(12-8-10-20-50)41(69)55-31(15-18-38(66)67)44(72)60-39(26(5)6)48(76)77/h24-34,39H,7-23,49-51H2,1-6H3,(H2,52,61)(H,53,75)(H,54,70)(H,55,69)(H,56,73)(H,57,68)(H,58,74)(H,59,71)(H,60,72)(H,62,63)(H,64,65)(H,66,67)(H,76,77)/t27-,28-,29-,30-,31-,32-,33-,34-,39-/m0/s1. The molecule has 0 saturated heterocycles.